The highest BCUT2D eigenvalue weighted by Gasteiger charge is 2.18. The van der Waals surface area contributed by atoms with Gasteiger partial charge in [-0.25, -0.2) is 0 Å². The Bertz CT molecular complexity index is 1020. The molecule has 0 atom stereocenters. The van der Waals surface area contributed by atoms with Gasteiger partial charge in [-0.2, -0.15) is 0 Å². The number of amides is 1. The van der Waals surface area contributed by atoms with Gasteiger partial charge in [0.2, 0.25) is 0 Å². The molecule has 3 aromatic carbocycles. The molecule has 0 aromatic heterocycles. The van der Waals surface area contributed by atoms with Crippen LogP contribution in [-0.4, -0.2) is 10.8 Å². The molecule has 1 amide bonds. The van der Waals surface area contributed by atoms with Crippen LogP contribution in [0.1, 0.15) is 27.0 Å². The van der Waals surface area contributed by atoms with E-state index in [1.54, 1.807) is 24.8 Å². The van der Waals surface area contributed by atoms with Crippen LogP contribution in [0.5, 0.6) is 0 Å². The molecule has 0 bridgehead atoms. The van der Waals surface area contributed by atoms with Crippen LogP contribution in [-0.2, 0) is 5.75 Å². The molecule has 5 nitrogen and oxygen atoms in total. The van der Waals surface area contributed by atoms with Gasteiger partial charge in [-0.3, -0.25) is 14.9 Å². The number of carbonyl (C=O) groups is 1. The van der Waals surface area contributed by atoms with Gasteiger partial charge in [-0.1, -0.05) is 36.4 Å². The lowest BCUT2D eigenvalue weighted by Gasteiger charge is -2.12. The molecule has 0 saturated carbocycles. The van der Waals surface area contributed by atoms with Crippen molar-refractivity contribution in [3.63, 3.8) is 0 Å². The second kappa shape index (κ2) is 8.71. The number of benzene rings is 3. The van der Waals surface area contributed by atoms with Gasteiger partial charge < -0.3 is 5.32 Å². The van der Waals surface area contributed by atoms with Crippen molar-refractivity contribution in [3.05, 3.63) is 99.1 Å². The molecule has 0 aliphatic rings. The third kappa shape index (κ3) is 4.58. The Hall–Kier alpha value is -3.12. The minimum atomic E-state index is -0.476. The highest BCUT2D eigenvalue weighted by atomic mass is 32.2. The Morgan fingerprint density at radius 3 is 2.46 bits per heavy atom. The molecule has 0 aliphatic carbocycles. The Morgan fingerprint density at radius 2 is 1.79 bits per heavy atom. The smallest absolute Gasteiger partial charge is 0.273 e. The topological polar surface area (TPSA) is 72.2 Å². The Kier molecular flexibility index (Phi) is 6.11. The SMILES string of the molecule is Cc1cc(CSc2ccccc2)ccc1NC(=O)c1cccc([N+](=O)[O-])c1C. The number of nitro benzene ring substituents is 1. The first-order valence-electron chi connectivity index (χ1n) is 8.78. The highest BCUT2D eigenvalue weighted by molar-refractivity contribution is 7.98. The fourth-order valence-corrected chi connectivity index (χ4v) is 3.76. The predicted molar refractivity (Wildman–Crippen MR) is 113 cm³/mol. The number of hydrogen-bond acceptors (Lipinski definition) is 4. The standard InChI is InChI=1S/C22H20N2O3S/c1-15-13-17(14-28-18-7-4-3-5-8-18)11-12-20(15)23-22(25)19-9-6-10-21(16(19)2)24(26)27/h3-13H,14H2,1-2H3,(H,23,25). The molecule has 0 unspecified atom stereocenters. The number of nitro groups is 1. The van der Waals surface area contributed by atoms with Gasteiger partial charge in [0.25, 0.3) is 11.6 Å². The summed E-state index contributed by atoms with van der Waals surface area (Å²) in [7, 11) is 0. The van der Waals surface area contributed by atoms with Crippen molar-refractivity contribution in [2.24, 2.45) is 0 Å². The van der Waals surface area contributed by atoms with E-state index < -0.39 is 4.92 Å². The van der Waals surface area contributed by atoms with Crippen LogP contribution in [0.15, 0.2) is 71.6 Å². The number of nitrogens with one attached hydrogen (secondary N) is 1. The van der Waals surface area contributed by atoms with Crippen molar-refractivity contribution < 1.29 is 9.72 Å². The Morgan fingerprint density at radius 1 is 1.04 bits per heavy atom. The lowest BCUT2D eigenvalue weighted by atomic mass is 10.1. The van der Waals surface area contributed by atoms with Crippen LogP contribution < -0.4 is 5.32 Å². The molecule has 3 rings (SSSR count). The zero-order chi connectivity index (χ0) is 20.1. The second-order valence-electron chi connectivity index (χ2n) is 6.41. The van der Waals surface area contributed by atoms with E-state index in [0.717, 1.165) is 16.9 Å². The summed E-state index contributed by atoms with van der Waals surface area (Å²) in [4.78, 5) is 24.4. The molecular weight excluding hydrogens is 372 g/mol. The normalized spacial score (nSPS) is 10.5. The zero-order valence-electron chi connectivity index (χ0n) is 15.6. The largest absolute Gasteiger partial charge is 0.322 e. The van der Waals surface area contributed by atoms with E-state index >= 15 is 0 Å². The van der Waals surface area contributed by atoms with Gasteiger partial charge in [0.15, 0.2) is 0 Å². The molecule has 1 N–H and O–H groups in total. The summed E-state index contributed by atoms with van der Waals surface area (Å²) in [6.07, 6.45) is 0. The molecule has 6 heteroatoms. The summed E-state index contributed by atoms with van der Waals surface area (Å²) < 4.78 is 0. The summed E-state index contributed by atoms with van der Waals surface area (Å²) >= 11 is 1.75. The van der Waals surface area contributed by atoms with E-state index in [-0.39, 0.29) is 11.6 Å². The maximum Gasteiger partial charge on any atom is 0.273 e. The van der Waals surface area contributed by atoms with Gasteiger partial charge >= 0.3 is 0 Å². The van der Waals surface area contributed by atoms with Gasteiger partial charge in [0.1, 0.15) is 0 Å². The summed E-state index contributed by atoms with van der Waals surface area (Å²) in [5.74, 6) is 0.485. The summed E-state index contributed by atoms with van der Waals surface area (Å²) in [5.41, 5.74) is 3.41. The number of carbonyl (C=O) groups excluding carboxylic acids is 1. The van der Waals surface area contributed by atoms with E-state index in [2.05, 4.69) is 17.4 Å². The van der Waals surface area contributed by atoms with Gasteiger partial charge in [0.05, 0.1) is 4.92 Å². The monoisotopic (exact) mass is 392 g/mol. The molecule has 0 spiro atoms. The molecule has 0 fully saturated rings. The van der Waals surface area contributed by atoms with E-state index in [1.807, 2.05) is 43.3 Å². The van der Waals surface area contributed by atoms with Gasteiger partial charge in [-0.15, -0.1) is 11.8 Å². The van der Waals surface area contributed by atoms with Crippen molar-refractivity contribution in [2.75, 3.05) is 5.32 Å². The number of thioether (sulfide) groups is 1. The number of hydrogen-bond donors (Lipinski definition) is 1. The van der Waals surface area contributed by atoms with Crippen molar-refractivity contribution >= 4 is 29.0 Å². The van der Waals surface area contributed by atoms with E-state index in [9.17, 15) is 14.9 Å². The number of anilines is 1. The van der Waals surface area contributed by atoms with Crippen LogP contribution >= 0.6 is 11.8 Å². The first kappa shape index (κ1) is 19.6. The van der Waals surface area contributed by atoms with Gasteiger partial charge in [0, 0.05) is 33.5 Å². The van der Waals surface area contributed by atoms with Crippen molar-refractivity contribution in [2.45, 2.75) is 24.5 Å². The fraction of sp³-hybridized carbons (Fsp3) is 0.136. The summed E-state index contributed by atoms with van der Waals surface area (Å²) in [6.45, 7) is 3.52. The summed E-state index contributed by atoms with van der Waals surface area (Å²) in [5, 5.41) is 13.9. The first-order valence-corrected chi connectivity index (χ1v) is 9.77. The van der Waals surface area contributed by atoms with E-state index in [4.69, 9.17) is 0 Å². The lowest BCUT2D eigenvalue weighted by molar-refractivity contribution is -0.385. The molecule has 142 valence electrons. The van der Waals surface area contributed by atoms with Crippen LogP contribution in [0, 0.1) is 24.0 Å². The molecule has 3 aromatic rings. The Balaban J connectivity index is 1.72. The quantitative estimate of drug-likeness (QED) is 0.329. The van der Waals surface area contributed by atoms with Crippen LogP contribution in [0.4, 0.5) is 11.4 Å². The predicted octanol–water partition coefficient (Wildman–Crippen LogP) is 5.76. The maximum atomic E-state index is 12.6. The third-order valence-corrected chi connectivity index (χ3v) is 5.52. The molecule has 28 heavy (non-hydrogen) atoms. The molecule has 0 radical (unpaired) electrons. The zero-order valence-corrected chi connectivity index (χ0v) is 16.5. The van der Waals surface area contributed by atoms with Crippen LogP contribution in [0.25, 0.3) is 0 Å². The molecule has 0 heterocycles. The molecule has 0 aliphatic heterocycles. The Labute approximate surface area is 167 Å². The maximum absolute atomic E-state index is 12.6. The highest BCUT2D eigenvalue weighted by Crippen LogP contribution is 2.26. The van der Waals surface area contributed by atoms with Crippen LogP contribution in [0.2, 0.25) is 0 Å². The van der Waals surface area contributed by atoms with Crippen molar-refractivity contribution in [1.82, 2.24) is 0 Å². The number of rotatable bonds is 6. The van der Waals surface area contributed by atoms with Crippen LogP contribution in [0.3, 0.4) is 0 Å². The minimum Gasteiger partial charge on any atom is -0.322 e. The summed E-state index contributed by atoms with van der Waals surface area (Å²) in [6, 6.07) is 20.6. The lowest BCUT2D eigenvalue weighted by Crippen LogP contribution is -2.15. The van der Waals surface area contributed by atoms with Crippen molar-refractivity contribution in [1.29, 1.82) is 0 Å². The first-order chi connectivity index (χ1) is 13.5. The molecule has 0 saturated heterocycles. The second-order valence-corrected chi connectivity index (χ2v) is 7.46. The minimum absolute atomic E-state index is 0.0577. The average molecular weight is 392 g/mol. The third-order valence-electron chi connectivity index (χ3n) is 4.43. The van der Waals surface area contributed by atoms with E-state index in [0.29, 0.717) is 16.8 Å². The fourth-order valence-electron chi connectivity index (χ4n) is 2.90. The van der Waals surface area contributed by atoms with E-state index in [1.165, 1.54) is 17.0 Å². The number of aryl methyl sites for hydroxylation is 1. The molecular formula is C22H20N2O3S. The van der Waals surface area contributed by atoms with Crippen molar-refractivity contribution in [3.8, 4) is 0 Å². The number of nitrogens with zero attached hydrogens (tertiary/aromatic N) is 1. The average Bonchev–Trinajstić information content (AvgIpc) is 2.69. The van der Waals surface area contributed by atoms with Gasteiger partial charge in [-0.05, 0) is 49.2 Å².